The largest absolute Gasteiger partial charge is 0.326 e. The summed E-state index contributed by atoms with van der Waals surface area (Å²) < 4.78 is 12.8. The van der Waals surface area contributed by atoms with Crippen molar-refractivity contribution >= 4 is 23.2 Å². The lowest BCUT2D eigenvalue weighted by molar-refractivity contribution is -0.116. The van der Waals surface area contributed by atoms with E-state index < -0.39 is 0 Å². The predicted molar refractivity (Wildman–Crippen MR) is 97.0 cm³/mol. The van der Waals surface area contributed by atoms with Crippen LogP contribution in [0.4, 0.5) is 15.8 Å². The fourth-order valence-electron chi connectivity index (χ4n) is 2.27. The van der Waals surface area contributed by atoms with E-state index in [0.29, 0.717) is 24.3 Å². The van der Waals surface area contributed by atoms with Gasteiger partial charge < -0.3 is 16.0 Å². The van der Waals surface area contributed by atoms with Crippen LogP contribution >= 0.6 is 0 Å². The first-order valence-corrected chi connectivity index (χ1v) is 8.15. The van der Waals surface area contributed by atoms with Crippen LogP contribution in [-0.2, 0) is 16.0 Å². The fourth-order valence-corrected chi connectivity index (χ4v) is 2.27. The van der Waals surface area contributed by atoms with Crippen molar-refractivity contribution in [3.05, 3.63) is 59.9 Å². The van der Waals surface area contributed by atoms with Gasteiger partial charge in [0, 0.05) is 31.3 Å². The van der Waals surface area contributed by atoms with Crippen molar-refractivity contribution in [2.75, 3.05) is 23.7 Å². The third-order valence-electron chi connectivity index (χ3n) is 3.52. The summed E-state index contributed by atoms with van der Waals surface area (Å²) in [6.45, 7) is 2.74. The summed E-state index contributed by atoms with van der Waals surface area (Å²) >= 11 is 0. The molecular formula is C19H22FN3O2. The van der Waals surface area contributed by atoms with Gasteiger partial charge in [-0.2, -0.15) is 0 Å². The maximum Gasteiger partial charge on any atom is 0.225 e. The molecule has 0 atom stereocenters. The topological polar surface area (TPSA) is 70.2 Å². The van der Waals surface area contributed by atoms with Crippen LogP contribution in [0.25, 0.3) is 0 Å². The number of hydrogen-bond acceptors (Lipinski definition) is 3. The van der Waals surface area contributed by atoms with E-state index in [2.05, 4.69) is 16.0 Å². The van der Waals surface area contributed by atoms with Gasteiger partial charge in [-0.1, -0.05) is 12.1 Å². The van der Waals surface area contributed by atoms with Gasteiger partial charge in [-0.15, -0.1) is 0 Å². The van der Waals surface area contributed by atoms with Gasteiger partial charge in [-0.25, -0.2) is 4.39 Å². The lowest BCUT2D eigenvalue weighted by atomic mass is 10.1. The summed E-state index contributed by atoms with van der Waals surface area (Å²) in [7, 11) is 0. The average molecular weight is 343 g/mol. The van der Waals surface area contributed by atoms with Crippen LogP contribution in [0.15, 0.2) is 48.5 Å². The molecule has 0 unspecified atom stereocenters. The van der Waals surface area contributed by atoms with Crippen molar-refractivity contribution in [3.8, 4) is 0 Å². The van der Waals surface area contributed by atoms with Gasteiger partial charge in [0.1, 0.15) is 5.82 Å². The van der Waals surface area contributed by atoms with Crippen molar-refractivity contribution < 1.29 is 14.0 Å². The molecule has 0 saturated carbocycles. The quantitative estimate of drug-likeness (QED) is 0.646. The molecule has 0 saturated heterocycles. The number of anilines is 2. The molecule has 5 nitrogen and oxygen atoms in total. The van der Waals surface area contributed by atoms with Crippen molar-refractivity contribution in [2.24, 2.45) is 0 Å². The second kappa shape index (κ2) is 9.54. The maximum atomic E-state index is 12.8. The molecule has 2 rings (SSSR count). The summed E-state index contributed by atoms with van der Waals surface area (Å²) in [5.41, 5.74) is 2.43. The van der Waals surface area contributed by atoms with Gasteiger partial charge in [0.25, 0.3) is 0 Å². The van der Waals surface area contributed by atoms with Gasteiger partial charge in [-0.05, 0) is 54.9 Å². The van der Waals surface area contributed by atoms with E-state index in [9.17, 15) is 14.0 Å². The monoisotopic (exact) mass is 343 g/mol. The summed E-state index contributed by atoms with van der Waals surface area (Å²) in [5, 5.41) is 8.67. The minimum absolute atomic E-state index is 0.0819. The van der Waals surface area contributed by atoms with Crippen LogP contribution in [0, 0.1) is 5.82 Å². The molecule has 0 aliphatic rings. The number of hydrogen-bond donors (Lipinski definition) is 3. The molecule has 0 fully saturated rings. The van der Waals surface area contributed by atoms with E-state index in [1.54, 1.807) is 36.4 Å². The van der Waals surface area contributed by atoms with Crippen LogP contribution in [0.2, 0.25) is 0 Å². The zero-order valence-corrected chi connectivity index (χ0v) is 14.1. The molecule has 0 bridgehead atoms. The zero-order valence-electron chi connectivity index (χ0n) is 14.1. The van der Waals surface area contributed by atoms with Crippen LogP contribution in [-0.4, -0.2) is 24.9 Å². The zero-order chi connectivity index (χ0) is 18.1. The Kier molecular flexibility index (Phi) is 7.10. The second-order valence-corrected chi connectivity index (χ2v) is 5.68. The Morgan fingerprint density at radius 1 is 0.880 bits per heavy atom. The minimum atomic E-state index is -0.238. The van der Waals surface area contributed by atoms with Crippen LogP contribution in [0.3, 0.4) is 0 Å². The van der Waals surface area contributed by atoms with Crippen molar-refractivity contribution in [3.63, 3.8) is 0 Å². The normalized spacial score (nSPS) is 10.3. The molecule has 0 heterocycles. The lowest BCUT2D eigenvalue weighted by Gasteiger charge is -2.08. The highest BCUT2D eigenvalue weighted by atomic mass is 19.1. The number of halogens is 1. The number of carbonyl (C=O) groups excluding carboxylic acids is 2. The first kappa shape index (κ1) is 18.6. The Morgan fingerprint density at radius 3 is 2.08 bits per heavy atom. The maximum absolute atomic E-state index is 12.8. The van der Waals surface area contributed by atoms with Crippen LogP contribution in [0.1, 0.15) is 18.9 Å². The van der Waals surface area contributed by atoms with Gasteiger partial charge in [-0.3, -0.25) is 9.59 Å². The smallest absolute Gasteiger partial charge is 0.225 e. The average Bonchev–Trinajstić information content (AvgIpc) is 2.57. The first-order valence-electron chi connectivity index (χ1n) is 8.15. The van der Waals surface area contributed by atoms with Gasteiger partial charge in [0.2, 0.25) is 11.8 Å². The minimum Gasteiger partial charge on any atom is -0.326 e. The number of benzene rings is 2. The summed E-state index contributed by atoms with van der Waals surface area (Å²) in [6, 6.07) is 13.4. The van der Waals surface area contributed by atoms with Crippen LogP contribution < -0.4 is 16.0 Å². The molecule has 3 N–H and O–H groups in total. The molecule has 2 aromatic carbocycles. The van der Waals surface area contributed by atoms with E-state index in [4.69, 9.17) is 0 Å². The number of amides is 2. The number of carbonyl (C=O) groups is 2. The highest BCUT2D eigenvalue weighted by Gasteiger charge is 2.03. The molecule has 0 aliphatic carbocycles. The molecule has 0 spiro atoms. The Bertz CT molecular complexity index is 700. The molecule has 6 heteroatoms. The third-order valence-corrected chi connectivity index (χ3v) is 3.52. The standard InChI is InChI=1S/C19H22FN3O2/c1-14(24)22-17-6-8-18(9-7-17)23-19(25)11-13-21-12-10-15-2-4-16(20)5-3-15/h2-9,21H,10-13H2,1H3,(H,22,24)(H,23,25). The second-order valence-electron chi connectivity index (χ2n) is 5.68. The molecular weight excluding hydrogens is 321 g/mol. The van der Waals surface area contributed by atoms with Crippen molar-refractivity contribution in [1.29, 1.82) is 0 Å². The van der Waals surface area contributed by atoms with E-state index >= 15 is 0 Å². The van der Waals surface area contributed by atoms with Gasteiger partial charge in [0.15, 0.2) is 0 Å². The van der Waals surface area contributed by atoms with Crippen molar-refractivity contribution in [2.45, 2.75) is 19.8 Å². The molecule has 0 radical (unpaired) electrons. The Hall–Kier alpha value is -2.73. The van der Waals surface area contributed by atoms with E-state index in [1.165, 1.54) is 19.1 Å². The Balaban J connectivity index is 1.63. The van der Waals surface area contributed by atoms with Crippen LogP contribution in [0.5, 0.6) is 0 Å². The fraction of sp³-hybridized carbons (Fsp3) is 0.263. The molecule has 25 heavy (non-hydrogen) atoms. The third kappa shape index (κ3) is 7.14. The van der Waals surface area contributed by atoms with Gasteiger partial charge >= 0.3 is 0 Å². The lowest BCUT2D eigenvalue weighted by Crippen LogP contribution is -2.23. The highest BCUT2D eigenvalue weighted by Crippen LogP contribution is 2.13. The summed E-state index contributed by atoms with van der Waals surface area (Å²) in [6.07, 6.45) is 1.14. The molecule has 2 amide bonds. The number of nitrogens with one attached hydrogen (secondary N) is 3. The Morgan fingerprint density at radius 2 is 1.48 bits per heavy atom. The SMILES string of the molecule is CC(=O)Nc1ccc(NC(=O)CCNCCc2ccc(F)cc2)cc1. The van der Waals surface area contributed by atoms with Gasteiger partial charge in [0.05, 0.1) is 0 Å². The molecule has 0 aliphatic heterocycles. The first-order chi connectivity index (χ1) is 12.0. The Labute approximate surface area is 146 Å². The van der Waals surface area contributed by atoms with E-state index in [-0.39, 0.29) is 17.6 Å². The highest BCUT2D eigenvalue weighted by molar-refractivity contribution is 5.92. The predicted octanol–water partition coefficient (Wildman–Crippen LogP) is 2.95. The summed E-state index contributed by atoms with van der Waals surface area (Å²) in [4.78, 5) is 22.8. The molecule has 2 aromatic rings. The van der Waals surface area contributed by atoms with E-state index in [0.717, 1.165) is 18.5 Å². The van der Waals surface area contributed by atoms with E-state index in [1.807, 2.05) is 0 Å². The van der Waals surface area contributed by atoms with Crippen molar-refractivity contribution in [1.82, 2.24) is 5.32 Å². The summed E-state index contributed by atoms with van der Waals surface area (Å²) in [5.74, 6) is -0.455. The number of rotatable bonds is 8. The molecule has 132 valence electrons. The molecule has 0 aromatic heterocycles.